The summed E-state index contributed by atoms with van der Waals surface area (Å²) in [5, 5.41) is 2.85. The number of fused-ring (bicyclic) bond motifs is 1. The summed E-state index contributed by atoms with van der Waals surface area (Å²) in [6.07, 6.45) is -0.129. The average Bonchev–Trinajstić information content (AvgIpc) is 2.64. The Morgan fingerprint density at radius 2 is 1.64 bits per heavy atom. The predicted octanol–water partition coefficient (Wildman–Crippen LogP) is 4.68. The maximum atomic E-state index is 12.9. The number of nitrogens with one attached hydrogen (secondary N) is 1. The van der Waals surface area contributed by atoms with Crippen molar-refractivity contribution in [1.29, 1.82) is 0 Å². The SMILES string of the molecule is CCOc1ccc(NC(=O)c2nc3cc(C)c(C)cc3nc2OC(C)C)cc1. The highest BCUT2D eigenvalue weighted by atomic mass is 16.5. The summed E-state index contributed by atoms with van der Waals surface area (Å²) in [5.41, 5.74) is 4.39. The highest BCUT2D eigenvalue weighted by molar-refractivity contribution is 6.05. The van der Waals surface area contributed by atoms with Crippen LogP contribution in [0.5, 0.6) is 11.6 Å². The van der Waals surface area contributed by atoms with Gasteiger partial charge in [0.1, 0.15) is 5.75 Å². The van der Waals surface area contributed by atoms with Crippen LogP contribution in [-0.4, -0.2) is 28.6 Å². The molecule has 0 spiro atoms. The van der Waals surface area contributed by atoms with E-state index in [-0.39, 0.29) is 23.6 Å². The second-order valence-corrected chi connectivity index (χ2v) is 6.88. The van der Waals surface area contributed by atoms with E-state index in [4.69, 9.17) is 9.47 Å². The zero-order valence-corrected chi connectivity index (χ0v) is 16.9. The van der Waals surface area contributed by atoms with Crippen molar-refractivity contribution in [3.05, 3.63) is 53.2 Å². The molecule has 0 fully saturated rings. The van der Waals surface area contributed by atoms with Gasteiger partial charge in [0.2, 0.25) is 5.88 Å². The van der Waals surface area contributed by atoms with Crippen molar-refractivity contribution in [2.75, 3.05) is 11.9 Å². The number of aromatic nitrogens is 2. The maximum absolute atomic E-state index is 12.9. The van der Waals surface area contributed by atoms with Crippen LogP contribution in [0.4, 0.5) is 5.69 Å². The first kappa shape index (κ1) is 19.6. The lowest BCUT2D eigenvalue weighted by Crippen LogP contribution is -2.18. The number of rotatable bonds is 6. The van der Waals surface area contributed by atoms with Gasteiger partial charge in [-0.1, -0.05) is 0 Å². The number of anilines is 1. The van der Waals surface area contributed by atoms with Gasteiger partial charge in [0, 0.05) is 5.69 Å². The smallest absolute Gasteiger partial charge is 0.279 e. The molecule has 6 heteroatoms. The second kappa shape index (κ2) is 8.25. The Labute approximate surface area is 164 Å². The Balaban J connectivity index is 1.96. The van der Waals surface area contributed by atoms with Gasteiger partial charge >= 0.3 is 0 Å². The van der Waals surface area contributed by atoms with Crippen molar-refractivity contribution < 1.29 is 14.3 Å². The van der Waals surface area contributed by atoms with Crippen molar-refractivity contribution in [2.45, 2.75) is 40.7 Å². The van der Waals surface area contributed by atoms with Gasteiger partial charge in [0.25, 0.3) is 5.91 Å². The van der Waals surface area contributed by atoms with E-state index in [0.29, 0.717) is 23.3 Å². The van der Waals surface area contributed by atoms with Gasteiger partial charge in [0.05, 0.1) is 23.7 Å². The van der Waals surface area contributed by atoms with Gasteiger partial charge in [-0.05, 0) is 82.1 Å². The van der Waals surface area contributed by atoms with Crippen LogP contribution < -0.4 is 14.8 Å². The van der Waals surface area contributed by atoms with Crippen molar-refractivity contribution >= 4 is 22.6 Å². The number of hydrogen-bond donors (Lipinski definition) is 1. The van der Waals surface area contributed by atoms with Crippen molar-refractivity contribution in [3.63, 3.8) is 0 Å². The predicted molar refractivity (Wildman–Crippen MR) is 110 cm³/mol. The molecule has 0 aliphatic rings. The number of hydrogen-bond acceptors (Lipinski definition) is 5. The number of amides is 1. The average molecular weight is 379 g/mol. The molecule has 0 radical (unpaired) electrons. The van der Waals surface area contributed by atoms with Crippen molar-refractivity contribution in [3.8, 4) is 11.6 Å². The third kappa shape index (κ3) is 4.39. The highest BCUT2D eigenvalue weighted by Crippen LogP contribution is 2.24. The van der Waals surface area contributed by atoms with E-state index in [1.165, 1.54) is 0 Å². The summed E-state index contributed by atoms with van der Waals surface area (Å²) < 4.78 is 11.2. The van der Waals surface area contributed by atoms with E-state index < -0.39 is 0 Å². The summed E-state index contributed by atoms with van der Waals surface area (Å²) in [4.78, 5) is 22.0. The molecular weight excluding hydrogens is 354 g/mol. The van der Waals surface area contributed by atoms with Gasteiger partial charge in [-0.25, -0.2) is 9.97 Å². The number of carbonyl (C=O) groups excluding carboxylic acids is 1. The Morgan fingerprint density at radius 3 is 2.21 bits per heavy atom. The fourth-order valence-electron chi connectivity index (χ4n) is 2.74. The van der Waals surface area contributed by atoms with E-state index in [2.05, 4.69) is 15.3 Å². The Hall–Kier alpha value is -3.15. The lowest BCUT2D eigenvalue weighted by atomic mass is 10.1. The Morgan fingerprint density at radius 1 is 1.04 bits per heavy atom. The molecule has 1 amide bonds. The highest BCUT2D eigenvalue weighted by Gasteiger charge is 2.19. The first-order valence-corrected chi connectivity index (χ1v) is 9.37. The molecule has 1 aromatic heterocycles. The lowest BCUT2D eigenvalue weighted by molar-refractivity contribution is 0.101. The number of aryl methyl sites for hydroxylation is 2. The molecule has 6 nitrogen and oxygen atoms in total. The summed E-state index contributed by atoms with van der Waals surface area (Å²) in [7, 11) is 0. The van der Waals surface area contributed by atoms with Crippen LogP contribution >= 0.6 is 0 Å². The van der Waals surface area contributed by atoms with Crippen LogP contribution in [0.2, 0.25) is 0 Å². The second-order valence-electron chi connectivity index (χ2n) is 6.88. The third-order valence-corrected chi connectivity index (χ3v) is 4.23. The first-order chi connectivity index (χ1) is 13.4. The van der Waals surface area contributed by atoms with Crippen LogP contribution in [0.15, 0.2) is 36.4 Å². The third-order valence-electron chi connectivity index (χ3n) is 4.23. The number of nitrogens with zero attached hydrogens (tertiary/aromatic N) is 2. The van der Waals surface area contributed by atoms with E-state index in [9.17, 15) is 4.79 Å². The molecule has 0 bridgehead atoms. The maximum Gasteiger partial charge on any atom is 0.279 e. The zero-order valence-electron chi connectivity index (χ0n) is 16.9. The summed E-state index contributed by atoms with van der Waals surface area (Å²) in [6, 6.07) is 11.1. The molecule has 0 unspecified atom stereocenters. The van der Waals surface area contributed by atoms with Crippen LogP contribution in [0, 0.1) is 13.8 Å². The fourth-order valence-corrected chi connectivity index (χ4v) is 2.74. The molecule has 2 aromatic carbocycles. The van der Waals surface area contributed by atoms with Crippen LogP contribution in [0.3, 0.4) is 0 Å². The van der Waals surface area contributed by atoms with Crippen LogP contribution in [0.25, 0.3) is 11.0 Å². The van der Waals surface area contributed by atoms with E-state index in [1.807, 2.05) is 58.9 Å². The van der Waals surface area contributed by atoms with Crippen molar-refractivity contribution in [2.24, 2.45) is 0 Å². The van der Waals surface area contributed by atoms with Gasteiger partial charge in [-0.15, -0.1) is 0 Å². The zero-order chi connectivity index (χ0) is 20.3. The van der Waals surface area contributed by atoms with E-state index >= 15 is 0 Å². The molecule has 0 atom stereocenters. The first-order valence-electron chi connectivity index (χ1n) is 9.37. The molecule has 1 N–H and O–H groups in total. The molecular formula is C22H25N3O3. The van der Waals surface area contributed by atoms with E-state index in [1.54, 1.807) is 12.1 Å². The molecule has 3 aromatic rings. The summed E-state index contributed by atoms with van der Waals surface area (Å²) in [6.45, 7) is 10.3. The number of ether oxygens (including phenoxy) is 2. The molecule has 1 heterocycles. The molecule has 3 rings (SSSR count). The minimum atomic E-state index is -0.368. The minimum Gasteiger partial charge on any atom is -0.494 e. The molecule has 0 saturated carbocycles. The topological polar surface area (TPSA) is 73.3 Å². The van der Waals surface area contributed by atoms with Gasteiger partial charge in [0.15, 0.2) is 5.69 Å². The lowest BCUT2D eigenvalue weighted by Gasteiger charge is -2.14. The van der Waals surface area contributed by atoms with E-state index in [0.717, 1.165) is 16.9 Å². The van der Waals surface area contributed by atoms with Crippen LogP contribution in [-0.2, 0) is 0 Å². The summed E-state index contributed by atoms with van der Waals surface area (Å²) >= 11 is 0. The molecule has 28 heavy (non-hydrogen) atoms. The minimum absolute atomic E-state index is 0.129. The van der Waals surface area contributed by atoms with Gasteiger partial charge in [-0.2, -0.15) is 0 Å². The van der Waals surface area contributed by atoms with Gasteiger partial charge < -0.3 is 14.8 Å². The van der Waals surface area contributed by atoms with Gasteiger partial charge in [-0.3, -0.25) is 4.79 Å². The normalized spacial score (nSPS) is 10.9. The molecule has 0 aliphatic carbocycles. The Bertz CT molecular complexity index is 998. The monoisotopic (exact) mass is 379 g/mol. The number of carbonyl (C=O) groups is 1. The Kier molecular flexibility index (Phi) is 5.78. The number of benzene rings is 2. The molecule has 0 saturated heterocycles. The fraction of sp³-hybridized carbons (Fsp3) is 0.318. The largest absolute Gasteiger partial charge is 0.494 e. The quantitative estimate of drug-likeness (QED) is 0.673. The molecule has 0 aliphatic heterocycles. The van der Waals surface area contributed by atoms with Crippen LogP contribution in [0.1, 0.15) is 42.4 Å². The standard InChI is InChI=1S/C22H25N3O3/c1-6-27-17-9-7-16(8-10-17)23-21(26)20-22(28-13(2)3)25-19-12-15(5)14(4)11-18(19)24-20/h7-13H,6H2,1-5H3,(H,23,26). The summed E-state index contributed by atoms with van der Waals surface area (Å²) in [5.74, 6) is 0.613. The van der Waals surface area contributed by atoms with Crippen molar-refractivity contribution in [1.82, 2.24) is 9.97 Å². The molecule has 146 valence electrons.